The fraction of sp³-hybridized carbons (Fsp3) is 0.158. The van der Waals surface area contributed by atoms with Gasteiger partial charge in [0, 0.05) is 11.6 Å². The predicted molar refractivity (Wildman–Crippen MR) is 94.4 cm³/mol. The second-order valence-corrected chi connectivity index (χ2v) is 5.31. The van der Waals surface area contributed by atoms with E-state index < -0.39 is 0 Å². The Kier molecular flexibility index (Phi) is 4.61. The fourth-order valence-corrected chi connectivity index (χ4v) is 2.55. The molecule has 0 spiro atoms. The minimum Gasteiger partial charge on any atom is -0.492 e. The molecule has 0 unspecified atom stereocenters. The van der Waals surface area contributed by atoms with Crippen molar-refractivity contribution in [1.29, 1.82) is 0 Å². The predicted octanol–water partition coefficient (Wildman–Crippen LogP) is 3.04. The van der Waals surface area contributed by atoms with E-state index in [0.29, 0.717) is 23.4 Å². The number of anilines is 1. The third-order valence-electron chi connectivity index (χ3n) is 3.66. The largest absolute Gasteiger partial charge is 0.492 e. The summed E-state index contributed by atoms with van der Waals surface area (Å²) >= 11 is 0. The molecule has 0 fully saturated rings. The molecule has 1 amide bonds. The first-order valence-electron chi connectivity index (χ1n) is 7.79. The molecule has 3 aromatic rings. The molecule has 1 N–H and O–H groups in total. The average molecular weight is 322 g/mol. The van der Waals surface area contributed by atoms with E-state index in [1.165, 1.54) is 4.57 Å². The zero-order chi connectivity index (χ0) is 16.9. The first-order valence-corrected chi connectivity index (χ1v) is 7.79. The highest BCUT2D eigenvalue weighted by Crippen LogP contribution is 2.23. The highest BCUT2D eigenvalue weighted by molar-refractivity contribution is 5.92. The van der Waals surface area contributed by atoms with Gasteiger partial charge in [0.15, 0.2) is 0 Å². The molecule has 0 saturated carbocycles. The number of aromatic nitrogens is 1. The Labute approximate surface area is 139 Å². The van der Waals surface area contributed by atoms with Crippen LogP contribution in [0.15, 0.2) is 65.6 Å². The summed E-state index contributed by atoms with van der Waals surface area (Å²) in [7, 11) is 0. The van der Waals surface area contributed by atoms with Gasteiger partial charge >= 0.3 is 0 Å². The van der Waals surface area contributed by atoms with E-state index in [9.17, 15) is 9.59 Å². The number of nitrogens with one attached hydrogen (secondary N) is 1. The number of pyridine rings is 1. The molecular formula is C19H18N2O3. The van der Waals surface area contributed by atoms with Gasteiger partial charge in [0.1, 0.15) is 12.3 Å². The summed E-state index contributed by atoms with van der Waals surface area (Å²) in [5.74, 6) is 0.332. The molecule has 0 aliphatic carbocycles. The SMILES string of the molecule is CCOc1ccccc1NC(=O)Cn1ccc2ccccc2c1=O. The third kappa shape index (κ3) is 3.30. The minimum absolute atomic E-state index is 0.0515. The van der Waals surface area contributed by atoms with Crippen molar-refractivity contribution < 1.29 is 9.53 Å². The van der Waals surface area contributed by atoms with Crippen molar-refractivity contribution in [2.75, 3.05) is 11.9 Å². The Morgan fingerprint density at radius 3 is 2.67 bits per heavy atom. The Balaban J connectivity index is 1.81. The zero-order valence-corrected chi connectivity index (χ0v) is 13.4. The van der Waals surface area contributed by atoms with Crippen molar-refractivity contribution in [3.8, 4) is 5.75 Å². The molecule has 3 rings (SSSR count). The van der Waals surface area contributed by atoms with E-state index in [4.69, 9.17) is 4.74 Å². The maximum absolute atomic E-state index is 12.4. The normalized spacial score (nSPS) is 10.5. The Morgan fingerprint density at radius 1 is 1.08 bits per heavy atom. The monoisotopic (exact) mass is 322 g/mol. The molecule has 0 aliphatic rings. The van der Waals surface area contributed by atoms with Crippen LogP contribution in [0.5, 0.6) is 5.75 Å². The third-order valence-corrected chi connectivity index (χ3v) is 3.66. The number of carbonyl (C=O) groups is 1. The van der Waals surface area contributed by atoms with Gasteiger partial charge in [-0.15, -0.1) is 0 Å². The molecule has 0 radical (unpaired) electrons. The van der Waals surface area contributed by atoms with Crippen molar-refractivity contribution in [2.24, 2.45) is 0 Å². The summed E-state index contributed by atoms with van der Waals surface area (Å²) in [6, 6.07) is 16.4. The van der Waals surface area contributed by atoms with E-state index in [0.717, 1.165) is 5.39 Å². The summed E-state index contributed by atoms with van der Waals surface area (Å²) in [6.07, 6.45) is 1.64. The molecule has 5 heteroatoms. The molecular weight excluding hydrogens is 304 g/mol. The molecule has 1 aromatic heterocycles. The molecule has 2 aromatic carbocycles. The average Bonchev–Trinajstić information content (AvgIpc) is 2.60. The lowest BCUT2D eigenvalue weighted by Gasteiger charge is -2.12. The second kappa shape index (κ2) is 7.00. The van der Waals surface area contributed by atoms with Crippen LogP contribution in [-0.2, 0) is 11.3 Å². The first-order chi connectivity index (χ1) is 11.7. The lowest BCUT2D eigenvalue weighted by molar-refractivity contribution is -0.116. The van der Waals surface area contributed by atoms with Crippen molar-refractivity contribution in [2.45, 2.75) is 13.5 Å². The van der Waals surface area contributed by atoms with Crippen molar-refractivity contribution in [1.82, 2.24) is 4.57 Å². The summed E-state index contributed by atoms with van der Waals surface area (Å²) in [5.41, 5.74) is 0.416. The number of amides is 1. The van der Waals surface area contributed by atoms with Gasteiger partial charge in [-0.05, 0) is 36.6 Å². The van der Waals surface area contributed by atoms with Crippen LogP contribution >= 0.6 is 0 Å². The Morgan fingerprint density at radius 2 is 1.83 bits per heavy atom. The van der Waals surface area contributed by atoms with Gasteiger partial charge in [0.05, 0.1) is 12.3 Å². The summed E-state index contributed by atoms with van der Waals surface area (Å²) in [5, 5.41) is 4.26. The fourth-order valence-electron chi connectivity index (χ4n) is 2.55. The van der Waals surface area contributed by atoms with E-state index in [2.05, 4.69) is 5.32 Å². The molecule has 0 aliphatic heterocycles. The quantitative estimate of drug-likeness (QED) is 0.785. The van der Waals surface area contributed by atoms with Crippen LogP contribution in [0.3, 0.4) is 0 Å². The number of benzene rings is 2. The lowest BCUT2D eigenvalue weighted by Crippen LogP contribution is -2.27. The van der Waals surface area contributed by atoms with Crippen LogP contribution in [0.2, 0.25) is 0 Å². The highest BCUT2D eigenvalue weighted by Gasteiger charge is 2.10. The molecule has 24 heavy (non-hydrogen) atoms. The molecule has 122 valence electrons. The number of rotatable bonds is 5. The number of para-hydroxylation sites is 2. The smallest absolute Gasteiger partial charge is 0.258 e. The topological polar surface area (TPSA) is 60.3 Å². The Bertz CT molecular complexity index is 931. The summed E-state index contributed by atoms with van der Waals surface area (Å²) < 4.78 is 6.89. The van der Waals surface area contributed by atoms with Gasteiger partial charge < -0.3 is 14.6 Å². The Hall–Kier alpha value is -3.08. The van der Waals surface area contributed by atoms with E-state index in [-0.39, 0.29) is 18.0 Å². The molecule has 1 heterocycles. The van der Waals surface area contributed by atoms with Gasteiger partial charge in [-0.2, -0.15) is 0 Å². The van der Waals surface area contributed by atoms with Crippen LogP contribution in [0.4, 0.5) is 5.69 Å². The first kappa shape index (κ1) is 15.8. The maximum Gasteiger partial charge on any atom is 0.258 e. The summed E-state index contributed by atoms with van der Waals surface area (Å²) in [6.45, 7) is 2.34. The molecule has 0 atom stereocenters. The van der Waals surface area contributed by atoms with Crippen LogP contribution in [0.25, 0.3) is 10.8 Å². The number of hydrogen-bond donors (Lipinski definition) is 1. The minimum atomic E-state index is -0.278. The van der Waals surface area contributed by atoms with Gasteiger partial charge in [-0.3, -0.25) is 9.59 Å². The van der Waals surface area contributed by atoms with Gasteiger partial charge in [0.25, 0.3) is 5.56 Å². The van der Waals surface area contributed by atoms with Crippen molar-refractivity contribution in [3.05, 3.63) is 71.1 Å². The van der Waals surface area contributed by atoms with Crippen LogP contribution < -0.4 is 15.6 Å². The molecule has 0 bridgehead atoms. The van der Waals surface area contributed by atoms with Crippen molar-refractivity contribution in [3.63, 3.8) is 0 Å². The van der Waals surface area contributed by atoms with Crippen LogP contribution in [-0.4, -0.2) is 17.1 Å². The number of fused-ring (bicyclic) bond motifs is 1. The second-order valence-electron chi connectivity index (χ2n) is 5.31. The van der Waals surface area contributed by atoms with E-state index in [1.807, 2.05) is 43.3 Å². The standard InChI is InChI=1S/C19H18N2O3/c1-2-24-17-10-6-5-9-16(17)20-18(22)13-21-12-11-14-7-3-4-8-15(14)19(21)23/h3-12H,2,13H2,1H3,(H,20,22). The molecule has 5 nitrogen and oxygen atoms in total. The molecule has 0 saturated heterocycles. The number of hydrogen-bond acceptors (Lipinski definition) is 3. The lowest BCUT2D eigenvalue weighted by atomic mass is 10.2. The van der Waals surface area contributed by atoms with Gasteiger partial charge in [-0.25, -0.2) is 0 Å². The van der Waals surface area contributed by atoms with E-state index in [1.54, 1.807) is 24.4 Å². The van der Waals surface area contributed by atoms with Gasteiger partial charge in [0.2, 0.25) is 5.91 Å². The number of nitrogens with zero attached hydrogens (tertiary/aromatic N) is 1. The zero-order valence-electron chi connectivity index (χ0n) is 13.4. The van der Waals surface area contributed by atoms with Crippen LogP contribution in [0.1, 0.15) is 6.92 Å². The number of carbonyl (C=O) groups excluding carboxylic acids is 1. The number of ether oxygens (including phenoxy) is 1. The van der Waals surface area contributed by atoms with Gasteiger partial charge in [-0.1, -0.05) is 30.3 Å². The highest BCUT2D eigenvalue weighted by atomic mass is 16.5. The maximum atomic E-state index is 12.4. The summed E-state index contributed by atoms with van der Waals surface area (Å²) in [4.78, 5) is 24.7. The van der Waals surface area contributed by atoms with E-state index >= 15 is 0 Å². The van der Waals surface area contributed by atoms with Crippen molar-refractivity contribution >= 4 is 22.4 Å². The van der Waals surface area contributed by atoms with Crippen LogP contribution in [0, 0.1) is 0 Å².